The molecule has 0 radical (unpaired) electrons. The molecule has 18 heavy (non-hydrogen) atoms. The maximum Gasteiger partial charge on any atom is 0.147 e. The number of benzene rings is 1. The molecule has 0 aliphatic heterocycles. The van der Waals surface area contributed by atoms with Crippen LogP contribution in [0.5, 0.6) is 0 Å². The van der Waals surface area contributed by atoms with Crippen molar-refractivity contribution in [1.82, 2.24) is 5.32 Å². The summed E-state index contributed by atoms with van der Waals surface area (Å²) in [6.07, 6.45) is 2.30. The average molecular weight is 338 g/mol. The van der Waals surface area contributed by atoms with Gasteiger partial charge in [0.1, 0.15) is 15.7 Å². The molecule has 1 unspecified atom stereocenters. The van der Waals surface area contributed by atoms with E-state index in [9.17, 15) is 12.8 Å². The van der Waals surface area contributed by atoms with Crippen LogP contribution < -0.4 is 5.32 Å². The summed E-state index contributed by atoms with van der Waals surface area (Å²) < 4.78 is 36.6. The quantitative estimate of drug-likeness (QED) is 0.867. The van der Waals surface area contributed by atoms with E-state index in [1.807, 2.05) is 0 Å². The Kier molecular flexibility index (Phi) is 5.75. The first-order valence-corrected chi connectivity index (χ1v) is 8.49. The maximum absolute atomic E-state index is 13.7. The van der Waals surface area contributed by atoms with Gasteiger partial charge >= 0.3 is 0 Å². The van der Waals surface area contributed by atoms with Crippen molar-refractivity contribution in [2.45, 2.75) is 18.9 Å². The van der Waals surface area contributed by atoms with Crippen molar-refractivity contribution in [3.63, 3.8) is 0 Å². The number of hydrogen-bond acceptors (Lipinski definition) is 3. The van der Waals surface area contributed by atoms with E-state index in [-0.39, 0.29) is 17.6 Å². The van der Waals surface area contributed by atoms with E-state index >= 15 is 0 Å². The molecular formula is C12H17BrFNO2S. The van der Waals surface area contributed by atoms with Gasteiger partial charge in [0, 0.05) is 28.1 Å². The van der Waals surface area contributed by atoms with Crippen LogP contribution in [-0.4, -0.2) is 27.5 Å². The molecule has 0 heterocycles. The molecule has 3 nitrogen and oxygen atoms in total. The number of rotatable bonds is 6. The lowest BCUT2D eigenvalue weighted by molar-refractivity contribution is 0.502. The molecule has 1 N–H and O–H groups in total. The third kappa shape index (κ3) is 5.04. The predicted octanol–water partition coefficient (Wildman–Crippen LogP) is 2.67. The molecule has 0 bridgehead atoms. The first-order valence-electron chi connectivity index (χ1n) is 5.63. The predicted molar refractivity (Wildman–Crippen MR) is 74.8 cm³/mol. The van der Waals surface area contributed by atoms with Crippen molar-refractivity contribution in [3.8, 4) is 0 Å². The SMILES string of the molecule is CNC(CCCS(C)(=O)=O)c1cc(Br)ccc1F. The van der Waals surface area contributed by atoms with E-state index in [1.54, 1.807) is 19.2 Å². The van der Waals surface area contributed by atoms with Crippen LogP contribution in [0.4, 0.5) is 4.39 Å². The number of halogens is 2. The van der Waals surface area contributed by atoms with Gasteiger partial charge in [-0.3, -0.25) is 0 Å². The van der Waals surface area contributed by atoms with Crippen LogP contribution in [0.25, 0.3) is 0 Å². The zero-order valence-electron chi connectivity index (χ0n) is 10.4. The van der Waals surface area contributed by atoms with E-state index in [0.717, 1.165) is 4.47 Å². The van der Waals surface area contributed by atoms with Crippen LogP contribution >= 0.6 is 15.9 Å². The Balaban J connectivity index is 2.74. The summed E-state index contributed by atoms with van der Waals surface area (Å²) >= 11 is 3.30. The van der Waals surface area contributed by atoms with E-state index in [2.05, 4.69) is 21.2 Å². The molecule has 1 atom stereocenters. The van der Waals surface area contributed by atoms with Gasteiger partial charge in [-0.05, 0) is 38.1 Å². The van der Waals surface area contributed by atoms with Crippen molar-refractivity contribution >= 4 is 25.8 Å². The summed E-state index contributed by atoms with van der Waals surface area (Å²) in [6, 6.07) is 4.59. The van der Waals surface area contributed by atoms with Gasteiger partial charge in [0.15, 0.2) is 0 Å². The summed E-state index contributed by atoms with van der Waals surface area (Å²) in [6.45, 7) is 0. The average Bonchev–Trinajstić information content (AvgIpc) is 2.27. The minimum atomic E-state index is -2.96. The minimum absolute atomic E-state index is 0.126. The second kappa shape index (κ2) is 6.63. The van der Waals surface area contributed by atoms with Crippen molar-refractivity contribution in [2.24, 2.45) is 0 Å². The highest BCUT2D eigenvalue weighted by atomic mass is 79.9. The minimum Gasteiger partial charge on any atom is -0.313 e. The molecule has 1 aromatic carbocycles. The normalized spacial score (nSPS) is 13.6. The fraction of sp³-hybridized carbons (Fsp3) is 0.500. The fourth-order valence-corrected chi connectivity index (χ4v) is 2.86. The van der Waals surface area contributed by atoms with E-state index in [4.69, 9.17) is 0 Å². The summed E-state index contributed by atoms with van der Waals surface area (Å²) in [5.41, 5.74) is 0.556. The molecule has 0 aliphatic carbocycles. The van der Waals surface area contributed by atoms with Crippen LogP contribution in [0.2, 0.25) is 0 Å². The van der Waals surface area contributed by atoms with Crippen molar-refractivity contribution in [2.75, 3.05) is 19.1 Å². The lowest BCUT2D eigenvalue weighted by Crippen LogP contribution is -2.19. The third-order valence-corrected chi connectivity index (χ3v) is 4.21. The molecule has 0 aliphatic rings. The molecule has 0 amide bonds. The van der Waals surface area contributed by atoms with E-state index in [1.165, 1.54) is 12.3 Å². The Morgan fingerprint density at radius 2 is 2.11 bits per heavy atom. The third-order valence-electron chi connectivity index (χ3n) is 2.69. The van der Waals surface area contributed by atoms with Gasteiger partial charge in [-0.1, -0.05) is 15.9 Å². The van der Waals surface area contributed by atoms with Crippen molar-refractivity contribution < 1.29 is 12.8 Å². The van der Waals surface area contributed by atoms with Crippen molar-refractivity contribution in [1.29, 1.82) is 0 Å². The monoisotopic (exact) mass is 337 g/mol. The van der Waals surface area contributed by atoms with Crippen LogP contribution in [0.3, 0.4) is 0 Å². The summed E-state index contributed by atoms with van der Waals surface area (Å²) in [5, 5.41) is 3.02. The standard InChI is InChI=1S/C12H17BrFNO2S/c1-15-12(4-3-7-18(2,16)17)10-8-9(13)5-6-11(10)14/h5-6,8,12,15H,3-4,7H2,1-2H3. The molecule has 1 rings (SSSR count). The highest BCUT2D eigenvalue weighted by Gasteiger charge is 2.15. The van der Waals surface area contributed by atoms with Gasteiger partial charge in [-0.15, -0.1) is 0 Å². The Morgan fingerprint density at radius 3 is 2.67 bits per heavy atom. The molecule has 0 saturated carbocycles. The van der Waals surface area contributed by atoms with Crippen LogP contribution in [0.1, 0.15) is 24.4 Å². The Hall–Kier alpha value is -0.460. The van der Waals surface area contributed by atoms with Crippen LogP contribution in [-0.2, 0) is 9.84 Å². The molecule has 0 spiro atoms. The zero-order chi connectivity index (χ0) is 13.8. The largest absolute Gasteiger partial charge is 0.313 e. The highest BCUT2D eigenvalue weighted by molar-refractivity contribution is 9.10. The number of nitrogens with one attached hydrogen (secondary N) is 1. The van der Waals surface area contributed by atoms with Crippen LogP contribution in [0, 0.1) is 5.82 Å². The highest BCUT2D eigenvalue weighted by Crippen LogP contribution is 2.24. The molecular weight excluding hydrogens is 321 g/mol. The molecule has 102 valence electrons. The lowest BCUT2D eigenvalue weighted by atomic mass is 10.0. The van der Waals surface area contributed by atoms with Gasteiger partial charge in [-0.2, -0.15) is 0 Å². The maximum atomic E-state index is 13.7. The number of sulfone groups is 1. The Labute approximate surface area is 116 Å². The summed E-state index contributed by atoms with van der Waals surface area (Å²) in [4.78, 5) is 0. The lowest BCUT2D eigenvalue weighted by Gasteiger charge is -2.17. The molecule has 0 saturated heterocycles. The fourth-order valence-electron chi connectivity index (χ4n) is 1.79. The molecule has 0 aromatic heterocycles. The first-order chi connectivity index (χ1) is 8.33. The smallest absolute Gasteiger partial charge is 0.147 e. The second-order valence-corrected chi connectivity index (χ2v) is 7.45. The summed E-state index contributed by atoms with van der Waals surface area (Å²) in [5.74, 6) is -0.155. The van der Waals surface area contributed by atoms with Gasteiger partial charge in [0.05, 0.1) is 0 Å². The first kappa shape index (κ1) is 15.6. The summed E-state index contributed by atoms with van der Waals surface area (Å²) in [7, 11) is -1.22. The van der Waals surface area contributed by atoms with Gasteiger partial charge in [-0.25, -0.2) is 12.8 Å². The van der Waals surface area contributed by atoms with Crippen molar-refractivity contribution in [3.05, 3.63) is 34.1 Å². The van der Waals surface area contributed by atoms with E-state index < -0.39 is 9.84 Å². The molecule has 1 aromatic rings. The Bertz CT molecular complexity index is 505. The second-order valence-electron chi connectivity index (χ2n) is 4.28. The molecule has 6 heteroatoms. The van der Waals surface area contributed by atoms with E-state index in [0.29, 0.717) is 18.4 Å². The van der Waals surface area contributed by atoms with Gasteiger partial charge in [0.2, 0.25) is 0 Å². The topological polar surface area (TPSA) is 46.2 Å². The number of hydrogen-bond donors (Lipinski definition) is 1. The van der Waals surface area contributed by atoms with Gasteiger partial charge < -0.3 is 5.32 Å². The van der Waals surface area contributed by atoms with Gasteiger partial charge in [0.25, 0.3) is 0 Å². The zero-order valence-corrected chi connectivity index (χ0v) is 12.8. The van der Waals surface area contributed by atoms with Crippen LogP contribution in [0.15, 0.2) is 22.7 Å². The molecule has 0 fully saturated rings. The Morgan fingerprint density at radius 1 is 1.44 bits per heavy atom.